The second kappa shape index (κ2) is 8.59. The summed E-state index contributed by atoms with van der Waals surface area (Å²) in [4.78, 5) is 12.3. The summed E-state index contributed by atoms with van der Waals surface area (Å²) in [6.45, 7) is 0. The molecule has 0 radical (unpaired) electrons. The van der Waals surface area contributed by atoms with Gasteiger partial charge >= 0.3 is 0 Å². The normalized spacial score (nSPS) is 23.7. The molecule has 3 rings (SSSR count). The van der Waals surface area contributed by atoms with E-state index >= 15 is 0 Å². The molecule has 0 spiro atoms. The van der Waals surface area contributed by atoms with Gasteiger partial charge in [-0.1, -0.05) is 38.2 Å². The molecule has 2 fully saturated rings. The number of ether oxygens (including phenoxy) is 1. The van der Waals surface area contributed by atoms with Crippen LogP contribution in [-0.4, -0.2) is 24.2 Å². The van der Waals surface area contributed by atoms with E-state index in [0.29, 0.717) is 18.2 Å². The fourth-order valence-corrected chi connectivity index (χ4v) is 4.14. The van der Waals surface area contributed by atoms with Gasteiger partial charge in [0.1, 0.15) is 0 Å². The highest BCUT2D eigenvalue weighted by Gasteiger charge is 2.24. The maximum absolute atomic E-state index is 12.3. The van der Waals surface area contributed by atoms with Gasteiger partial charge in [0.25, 0.3) is 0 Å². The number of phenolic OH excluding ortho intramolecular Hbond substituents is 1. The van der Waals surface area contributed by atoms with Crippen LogP contribution in [0.25, 0.3) is 0 Å². The van der Waals surface area contributed by atoms with E-state index in [4.69, 9.17) is 4.74 Å². The zero-order chi connectivity index (χ0) is 17.6. The number of aromatic hydroxyl groups is 1. The van der Waals surface area contributed by atoms with Crippen LogP contribution in [-0.2, 0) is 11.2 Å². The van der Waals surface area contributed by atoms with Crippen molar-refractivity contribution >= 4 is 5.91 Å². The molecule has 25 heavy (non-hydrogen) atoms. The third-order valence-corrected chi connectivity index (χ3v) is 6.03. The Hall–Kier alpha value is -1.71. The van der Waals surface area contributed by atoms with Crippen LogP contribution in [0.5, 0.6) is 11.5 Å². The van der Waals surface area contributed by atoms with Gasteiger partial charge in [-0.05, 0) is 55.2 Å². The first-order chi connectivity index (χ1) is 12.1. The highest BCUT2D eigenvalue weighted by atomic mass is 16.5. The molecule has 2 N–H and O–H groups in total. The predicted molar refractivity (Wildman–Crippen MR) is 98.8 cm³/mol. The van der Waals surface area contributed by atoms with Crippen molar-refractivity contribution in [2.45, 2.75) is 70.3 Å². The maximum atomic E-state index is 12.3. The molecule has 1 aromatic carbocycles. The molecule has 0 atom stereocenters. The van der Waals surface area contributed by atoms with Crippen molar-refractivity contribution in [1.29, 1.82) is 0 Å². The fraction of sp³-hybridized carbons (Fsp3) is 0.667. The minimum atomic E-state index is 0.0608. The van der Waals surface area contributed by atoms with Crippen LogP contribution in [0.2, 0.25) is 0 Å². The Morgan fingerprint density at radius 2 is 1.80 bits per heavy atom. The van der Waals surface area contributed by atoms with E-state index in [1.807, 2.05) is 0 Å². The van der Waals surface area contributed by atoms with Crippen LogP contribution >= 0.6 is 0 Å². The summed E-state index contributed by atoms with van der Waals surface area (Å²) < 4.78 is 5.10. The number of phenols is 1. The smallest absolute Gasteiger partial charge is 0.224 e. The Morgan fingerprint density at radius 3 is 2.40 bits per heavy atom. The minimum Gasteiger partial charge on any atom is -0.504 e. The molecule has 0 unspecified atom stereocenters. The number of rotatable bonds is 7. The van der Waals surface area contributed by atoms with Crippen LogP contribution in [0.3, 0.4) is 0 Å². The van der Waals surface area contributed by atoms with E-state index in [2.05, 4.69) is 5.32 Å². The van der Waals surface area contributed by atoms with Crippen molar-refractivity contribution < 1.29 is 14.6 Å². The van der Waals surface area contributed by atoms with E-state index < -0.39 is 0 Å². The van der Waals surface area contributed by atoms with Gasteiger partial charge in [-0.25, -0.2) is 0 Å². The summed E-state index contributed by atoms with van der Waals surface area (Å²) in [5, 5.41) is 12.8. The fourth-order valence-electron chi connectivity index (χ4n) is 4.14. The van der Waals surface area contributed by atoms with Crippen molar-refractivity contribution in [1.82, 2.24) is 5.32 Å². The molecule has 0 heterocycles. The third kappa shape index (κ3) is 5.13. The van der Waals surface area contributed by atoms with Crippen LogP contribution < -0.4 is 10.1 Å². The number of benzene rings is 1. The Labute approximate surface area is 151 Å². The second-order valence-corrected chi connectivity index (χ2v) is 7.84. The number of nitrogens with one attached hydrogen (secondary N) is 1. The van der Waals surface area contributed by atoms with E-state index in [1.165, 1.54) is 52.1 Å². The molecule has 4 heteroatoms. The summed E-state index contributed by atoms with van der Waals surface area (Å²) in [5.41, 5.74) is 0.862. The first-order valence-corrected chi connectivity index (χ1v) is 9.79. The van der Waals surface area contributed by atoms with Gasteiger partial charge in [0.15, 0.2) is 11.5 Å². The number of hydrogen-bond donors (Lipinski definition) is 2. The summed E-state index contributed by atoms with van der Waals surface area (Å²) in [6, 6.07) is 5.40. The first kappa shape index (κ1) is 18.1. The molecule has 138 valence electrons. The Morgan fingerprint density at radius 1 is 1.12 bits per heavy atom. The van der Waals surface area contributed by atoms with E-state index in [0.717, 1.165) is 30.2 Å². The monoisotopic (exact) mass is 345 g/mol. The van der Waals surface area contributed by atoms with Gasteiger partial charge in [-0.2, -0.15) is 0 Å². The lowest BCUT2D eigenvalue weighted by Gasteiger charge is -2.32. The standard InChI is InChI=1S/C21H31NO3/c1-25-20-13-17(9-12-19(20)23)14-21(24)22-18-10-7-16(8-11-18)6-5-15-3-2-4-15/h9,12-13,15-16,18,23H,2-8,10-11,14H2,1H3,(H,22,24)/t16-,18+. The molecule has 1 aromatic rings. The Bertz CT molecular complexity index is 575. The average molecular weight is 345 g/mol. The molecule has 0 bridgehead atoms. The van der Waals surface area contributed by atoms with Gasteiger partial charge in [0.2, 0.25) is 5.91 Å². The van der Waals surface area contributed by atoms with Gasteiger partial charge in [0.05, 0.1) is 13.5 Å². The lowest BCUT2D eigenvalue weighted by atomic mass is 9.77. The lowest BCUT2D eigenvalue weighted by molar-refractivity contribution is -0.121. The van der Waals surface area contributed by atoms with Gasteiger partial charge < -0.3 is 15.2 Å². The Kier molecular flexibility index (Phi) is 6.22. The van der Waals surface area contributed by atoms with E-state index in [1.54, 1.807) is 18.2 Å². The third-order valence-electron chi connectivity index (χ3n) is 6.03. The van der Waals surface area contributed by atoms with Crippen molar-refractivity contribution in [3.8, 4) is 11.5 Å². The number of amides is 1. The number of carbonyl (C=O) groups is 1. The van der Waals surface area contributed by atoms with Crippen molar-refractivity contribution in [3.05, 3.63) is 23.8 Å². The van der Waals surface area contributed by atoms with Crippen LogP contribution in [0.15, 0.2) is 18.2 Å². The number of methoxy groups -OCH3 is 1. The first-order valence-electron chi connectivity index (χ1n) is 9.79. The molecule has 1 amide bonds. The molecule has 0 saturated heterocycles. The van der Waals surface area contributed by atoms with E-state index in [-0.39, 0.29) is 11.7 Å². The SMILES string of the molecule is COc1cc(CC(=O)N[C@H]2CC[C@@H](CCC3CCC3)CC2)ccc1O. The Balaban J connectivity index is 1.38. The quantitative estimate of drug-likeness (QED) is 0.779. The molecule has 2 aliphatic carbocycles. The maximum Gasteiger partial charge on any atom is 0.224 e. The van der Waals surface area contributed by atoms with Gasteiger partial charge in [-0.3, -0.25) is 4.79 Å². The summed E-state index contributed by atoms with van der Waals surface area (Å²) >= 11 is 0. The average Bonchev–Trinajstić information content (AvgIpc) is 2.56. The second-order valence-electron chi connectivity index (χ2n) is 7.84. The zero-order valence-electron chi connectivity index (χ0n) is 15.3. The molecule has 4 nitrogen and oxygen atoms in total. The number of hydrogen-bond acceptors (Lipinski definition) is 3. The van der Waals surface area contributed by atoms with Crippen LogP contribution in [0, 0.1) is 11.8 Å². The molecule has 2 aliphatic rings. The minimum absolute atomic E-state index is 0.0608. The van der Waals surface area contributed by atoms with Crippen LogP contribution in [0.4, 0.5) is 0 Å². The van der Waals surface area contributed by atoms with Crippen LogP contribution in [0.1, 0.15) is 63.4 Å². The molecular formula is C21H31NO3. The predicted octanol–water partition coefficient (Wildman–Crippen LogP) is 4.20. The summed E-state index contributed by atoms with van der Waals surface area (Å²) in [7, 11) is 1.52. The van der Waals surface area contributed by atoms with Crippen molar-refractivity contribution in [2.24, 2.45) is 11.8 Å². The van der Waals surface area contributed by atoms with Gasteiger partial charge in [0, 0.05) is 6.04 Å². The summed E-state index contributed by atoms with van der Waals surface area (Å²) in [6.07, 6.45) is 12.2. The molecule has 2 saturated carbocycles. The molecule has 0 aromatic heterocycles. The highest BCUT2D eigenvalue weighted by molar-refractivity contribution is 5.79. The highest BCUT2D eigenvalue weighted by Crippen LogP contribution is 2.35. The van der Waals surface area contributed by atoms with E-state index in [9.17, 15) is 9.90 Å². The van der Waals surface area contributed by atoms with Crippen molar-refractivity contribution in [2.75, 3.05) is 7.11 Å². The topological polar surface area (TPSA) is 58.6 Å². The molecule has 0 aliphatic heterocycles. The molecular weight excluding hydrogens is 314 g/mol. The van der Waals surface area contributed by atoms with Crippen molar-refractivity contribution in [3.63, 3.8) is 0 Å². The summed E-state index contributed by atoms with van der Waals surface area (Å²) in [5.74, 6) is 2.46. The number of carbonyl (C=O) groups excluding carboxylic acids is 1. The largest absolute Gasteiger partial charge is 0.504 e. The lowest BCUT2D eigenvalue weighted by Crippen LogP contribution is -2.38. The zero-order valence-corrected chi connectivity index (χ0v) is 15.3. The van der Waals surface area contributed by atoms with Gasteiger partial charge in [-0.15, -0.1) is 0 Å².